The third kappa shape index (κ3) is 4.55. The number of anilines is 1. The molecule has 0 fully saturated rings. The molecule has 3 heterocycles. The Balaban J connectivity index is 1.59. The molecular formula is C25H31N3O4S2. The Morgan fingerprint density at radius 1 is 1.26 bits per heavy atom. The van der Waals surface area contributed by atoms with E-state index in [0.717, 1.165) is 40.1 Å². The average Bonchev–Trinajstić information content (AvgIpc) is 3.26. The highest BCUT2D eigenvalue weighted by molar-refractivity contribution is 7.18. The third-order valence-corrected chi connectivity index (χ3v) is 8.98. The van der Waals surface area contributed by atoms with Crippen molar-refractivity contribution in [3.63, 3.8) is 0 Å². The molecule has 34 heavy (non-hydrogen) atoms. The van der Waals surface area contributed by atoms with E-state index in [-0.39, 0.29) is 30.0 Å². The predicted octanol–water partition coefficient (Wildman–Crippen LogP) is 5.10. The van der Waals surface area contributed by atoms with Crippen molar-refractivity contribution in [1.82, 2.24) is 9.55 Å². The second kappa shape index (κ2) is 9.26. The van der Waals surface area contributed by atoms with Crippen LogP contribution in [0.5, 0.6) is 0 Å². The molecule has 0 spiro atoms. The number of hydrogen-bond donors (Lipinski definition) is 1. The predicted molar refractivity (Wildman–Crippen MR) is 137 cm³/mol. The van der Waals surface area contributed by atoms with Crippen LogP contribution in [0.1, 0.15) is 65.4 Å². The zero-order valence-corrected chi connectivity index (χ0v) is 22.2. The van der Waals surface area contributed by atoms with E-state index in [1.165, 1.54) is 27.1 Å². The van der Waals surface area contributed by atoms with Gasteiger partial charge in [0.2, 0.25) is 5.91 Å². The van der Waals surface area contributed by atoms with E-state index >= 15 is 0 Å². The zero-order chi connectivity index (χ0) is 24.8. The number of esters is 1. The standard InChI is InChI=1S/C25H31N3O4S2/c1-7-32-24(31)19-13(2)14(3)33-22(19)27-18(29)11-28-12-26-21-20(23(28)30)16-9-8-15(25(4,5)6)10-17(16)34-21/h12,15H,7-11H2,1-6H3,(H,27,29). The number of aromatic nitrogens is 2. The number of carbonyl (C=O) groups is 2. The SMILES string of the molecule is CCOC(=O)c1c(NC(=O)Cn2cnc3sc4c(c3c2=O)CCC(C(C)(C)C)C4)sc(C)c1C. The fraction of sp³-hybridized carbons (Fsp3) is 0.520. The number of hydrogen-bond acceptors (Lipinski definition) is 7. The van der Waals surface area contributed by atoms with E-state index in [1.54, 1.807) is 18.3 Å². The molecule has 182 valence electrons. The summed E-state index contributed by atoms with van der Waals surface area (Å²) in [5.41, 5.74) is 2.30. The average molecular weight is 502 g/mol. The maximum Gasteiger partial charge on any atom is 0.341 e. The molecule has 1 unspecified atom stereocenters. The van der Waals surface area contributed by atoms with Crippen LogP contribution < -0.4 is 10.9 Å². The molecule has 0 aliphatic heterocycles. The van der Waals surface area contributed by atoms with Gasteiger partial charge < -0.3 is 10.1 Å². The van der Waals surface area contributed by atoms with Crippen LogP contribution in [0, 0.1) is 25.2 Å². The molecule has 1 aliphatic rings. The lowest BCUT2D eigenvalue weighted by Gasteiger charge is -2.33. The molecule has 7 nitrogen and oxygen atoms in total. The molecule has 3 aromatic rings. The minimum atomic E-state index is -0.460. The molecule has 0 aromatic carbocycles. The largest absolute Gasteiger partial charge is 0.462 e. The van der Waals surface area contributed by atoms with Gasteiger partial charge in [-0.05, 0) is 62.5 Å². The summed E-state index contributed by atoms with van der Waals surface area (Å²) in [6.07, 6.45) is 4.32. The summed E-state index contributed by atoms with van der Waals surface area (Å²) in [5.74, 6) is -0.266. The lowest BCUT2D eigenvalue weighted by Crippen LogP contribution is -2.29. The summed E-state index contributed by atoms with van der Waals surface area (Å²) in [7, 11) is 0. The normalized spacial score (nSPS) is 15.9. The van der Waals surface area contributed by atoms with E-state index in [2.05, 4.69) is 31.1 Å². The first-order valence-corrected chi connectivity index (χ1v) is 13.2. The highest BCUT2D eigenvalue weighted by Crippen LogP contribution is 2.42. The smallest absolute Gasteiger partial charge is 0.341 e. The number of rotatable bonds is 5. The topological polar surface area (TPSA) is 90.3 Å². The van der Waals surface area contributed by atoms with Gasteiger partial charge in [0.05, 0.1) is 23.9 Å². The molecule has 3 aromatic heterocycles. The highest BCUT2D eigenvalue weighted by atomic mass is 32.1. The molecule has 1 atom stereocenters. The third-order valence-electron chi connectivity index (χ3n) is 6.69. The number of fused-ring (bicyclic) bond motifs is 3. The lowest BCUT2D eigenvalue weighted by molar-refractivity contribution is -0.116. The molecule has 4 rings (SSSR count). The van der Waals surface area contributed by atoms with E-state index in [4.69, 9.17) is 4.74 Å². The Hall–Kier alpha value is -2.52. The van der Waals surface area contributed by atoms with Gasteiger partial charge in [-0.25, -0.2) is 9.78 Å². The van der Waals surface area contributed by atoms with Crippen LogP contribution in [-0.2, 0) is 28.9 Å². The number of nitrogens with zero attached hydrogens (tertiary/aromatic N) is 2. The van der Waals surface area contributed by atoms with Gasteiger partial charge in [0.1, 0.15) is 16.4 Å². The van der Waals surface area contributed by atoms with Crippen LogP contribution in [0.4, 0.5) is 5.00 Å². The molecule has 0 bridgehead atoms. The van der Waals surface area contributed by atoms with Gasteiger partial charge in [-0.1, -0.05) is 20.8 Å². The van der Waals surface area contributed by atoms with Crippen LogP contribution in [0.25, 0.3) is 10.2 Å². The van der Waals surface area contributed by atoms with Gasteiger partial charge in [-0.3, -0.25) is 14.2 Å². The summed E-state index contributed by atoms with van der Waals surface area (Å²) < 4.78 is 6.51. The van der Waals surface area contributed by atoms with Crippen molar-refractivity contribution in [3.8, 4) is 0 Å². The van der Waals surface area contributed by atoms with Gasteiger partial charge in [-0.15, -0.1) is 22.7 Å². The highest BCUT2D eigenvalue weighted by Gasteiger charge is 2.32. The molecule has 0 radical (unpaired) electrons. The van der Waals surface area contributed by atoms with Gasteiger partial charge in [0, 0.05) is 9.75 Å². The van der Waals surface area contributed by atoms with Crippen molar-refractivity contribution in [2.24, 2.45) is 11.3 Å². The van der Waals surface area contributed by atoms with Crippen molar-refractivity contribution in [3.05, 3.63) is 43.1 Å². The monoisotopic (exact) mass is 501 g/mol. The van der Waals surface area contributed by atoms with Crippen molar-refractivity contribution in [2.45, 2.75) is 67.3 Å². The van der Waals surface area contributed by atoms with Gasteiger partial charge >= 0.3 is 5.97 Å². The van der Waals surface area contributed by atoms with Crippen molar-refractivity contribution < 1.29 is 14.3 Å². The summed E-state index contributed by atoms with van der Waals surface area (Å²) in [6, 6.07) is 0. The second-order valence-electron chi connectivity index (χ2n) is 9.92. The van der Waals surface area contributed by atoms with E-state index in [1.807, 2.05) is 13.8 Å². The fourth-order valence-corrected chi connectivity index (χ4v) is 6.86. The Kier molecular flexibility index (Phi) is 6.70. The molecule has 0 saturated heterocycles. The van der Waals surface area contributed by atoms with Crippen molar-refractivity contribution in [2.75, 3.05) is 11.9 Å². The van der Waals surface area contributed by atoms with Crippen LogP contribution in [0.3, 0.4) is 0 Å². The minimum Gasteiger partial charge on any atom is -0.462 e. The van der Waals surface area contributed by atoms with Crippen LogP contribution >= 0.6 is 22.7 Å². The number of aryl methyl sites for hydroxylation is 2. The fourth-order valence-electron chi connectivity index (χ4n) is 4.54. The number of ether oxygens (including phenoxy) is 1. The Morgan fingerprint density at radius 2 is 2.00 bits per heavy atom. The first-order valence-electron chi connectivity index (χ1n) is 11.6. The first kappa shape index (κ1) is 24.6. The van der Waals surface area contributed by atoms with Gasteiger partial charge in [0.15, 0.2) is 0 Å². The maximum absolute atomic E-state index is 13.3. The molecule has 1 amide bonds. The summed E-state index contributed by atoms with van der Waals surface area (Å²) >= 11 is 2.93. The Labute approximate surface area is 207 Å². The first-order chi connectivity index (χ1) is 16.0. The Bertz CT molecular complexity index is 1330. The van der Waals surface area contributed by atoms with E-state index in [0.29, 0.717) is 21.9 Å². The molecule has 1 N–H and O–H groups in total. The second-order valence-corrected chi connectivity index (χ2v) is 12.2. The van der Waals surface area contributed by atoms with Crippen LogP contribution in [-0.4, -0.2) is 28.0 Å². The lowest BCUT2D eigenvalue weighted by atomic mass is 9.72. The quantitative estimate of drug-likeness (QED) is 0.491. The summed E-state index contributed by atoms with van der Waals surface area (Å²) in [6.45, 7) is 12.4. The summed E-state index contributed by atoms with van der Waals surface area (Å²) in [5, 5.41) is 3.90. The summed E-state index contributed by atoms with van der Waals surface area (Å²) in [4.78, 5) is 46.0. The number of nitrogens with one attached hydrogen (secondary N) is 1. The van der Waals surface area contributed by atoms with Crippen molar-refractivity contribution in [1.29, 1.82) is 0 Å². The van der Waals surface area contributed by atoms with Gasteiger partial charge in [0.25, 0.3) is 5.56 Å². The maximum atomic E-state index is 13.3. The minimum absolute atomic E-state index is 0.171. The molecule has 9 heteroatoms. The van der Waals surface area contributed by atoms with Crippen molar-refractivity contribution >= 4 is 49.8 Å². The molecular weight excluding hydrogens is 470 g/mol. The Morgan fingerprint density at radius 3 is 2.68 bits per heavy atom. The van der Waals surface area contributed by atoms with Crippen LogP contribution in [0.15, 0.2) is 11.1 Å². The number of thiophene rings is 2. The molecule has 0 saturated carbocycles. The van der Waals surface area contributed by atoms with Crippen LogP contribution in [0.2, 0.25) is 0 Å². The van der Waals surface area contributed by atoms with E-state index < -0.39 is 5.97 Å². The number of carbonyl (C=O) groups excluding carboxylic acids is 2. The zero-order valence-electron chi connectivity index (χ0n) is 20.5. The van der Waals surface area contributed by atoms with Gasteiger partial charge in [-0.2, -0.15) is 0 Å². The van der Waals surface area contributed by atoms with E-state index in [9.17, 15) is 14.4 Å². The molecule has 1 aliphatic carbocycles. The number of amides is 1.